The summed E-state index contributed by atoms with van der Waals surface area (Å²) in [4.78, 5) is 0. The molecule has 0 aliphatic carbocycles. The van der Waals surface area contributed by atoms with E-state index in [1.54, 1.807) is 0 Å². The van der Waals surface area contributed by atoms with Gasteiger partial charge < -0.3 is 0 Å². The molecule has 0 saturated heterocycles. The first-order valence-electron chi connectivity index (χ1n) is 1.05. The van der Waals surface area contributed by atoms with Gasteiger partial charge in [0.2, 0.25) is 0 Å². The van der Waals surface area contributed by atoms with E-state index in [0.29, 0.717) is 6.43 Å². The quantitative estimate of drug-likeness (QED) is 0.316. The first-order valence-corrected chi connectivity index (χ1v) is 2.67. The zero-order chi connectivity index (χ0) is 4.28. The third-order valence-electron chi connectivity index (χ3n) is 0.136. The molecule has 0 radical (unpaired) electrons. The maximum atomic E-state index is 9.56. The molecule has 0 N–H and O–H groups in total. The van der Waals surface area contributed by atoms with Crippen molar-refractivity contribution in [2.75, 3.05) is 6.26 Å². The fourth-order valence-corrected chi connectivity index (χ4v) is 0. The van der Waals surface area contributed by atoms with Gasteiger partial charge in [-0.2, -0.15) is 0 Å². The molecular formula is CH3BO2S. The van der Waals surface area contributed by atoms with Crippen molar-refractivity contribution in [2.24, 2.45) is 0 Å². The summed E-state index contributed by atoms with van der Waals surface area (Å²) in [7, 11) is 0. The molecule has 0 rings (SSSR count). The summed E-state index contributed by atoms with van der Waals surface area (Å²) >= 11 is -1.25. The molecule has 5 heavy (non-hydrogen) atoms. The molecule has 0 aromatic rings. The Labute approximate surface area is 33.9 Å². The second-order valence-electron chi connectivity index (χ2n) is 0.595. The molecule has 1 unspecified atom stereocenters. The Morgan fingerprint density at radius 1 is 2.00 bits per heavy atom. The van der Waals surface area contributed by atoms with E-state index in [9.17, 15) is 9.26 Å². The molecule has 0 bridgehead atoms. The van der Waals surface area contributed by atoms with Gasteiger partial charge >= 0.3 is 33.0 Å². The number of hydrogen-bond donors (Lipinski definition) is 0. The molecule has 1 atom stereocenters. The third-order valence-corrected chi connectivity index (χ3v) is 0.407. The van der Waals surface area contributed by atoms with E-state index in [1.807, 2.05) is 0 Å². The van der Waals surface area contributed by atoms with Crippen molar-refractivity contribution in [3.63, 3.8) is 0 Å². The van der Waals surface area contributed by atoms with Crippen LogP contribution in [0.5, 0.6) is 0 Å². The van der Waals surface area contributed by atoms with Gasteiger partial charge in [0.25, 0.3) is 0 Å². The zero-order valence-electron chi connectivity index (χ0n) is 2.80. The molecule has 28 valence electrons. The Morgan fingerprint density at radius 2 is 2.20 bits per heavy atom. The predicted octanol–water partition coefficient (Wildman–Crippen LogP) is -0.670. The molecule has 0 fully saturated rings. The van der Waals surface area contributed by atoms with Crippen LogP contribution < -0.4 is 0 Å². The van der Waals surface area contributed by atoms with Crippen LogP contribution in [0.25, 0.3) is 0 Å². The monoisotopic (exact) mass is 90.0 g/mol. The van der Waals surface area contributed by atoms with Crippen LogP contribution in [-0.4, -0.2) is 17.2 Å². The van der Waals surface area contributed by atoms with Crippen LogP contribution in [0.15, 0.2) is 0 Å². The summed E-state index contributed by atoms with van der Waals surface area (Å²) in [5, 5.41) is 0. The Hall–Kier alpha value is 0.175. The molecule has 0 aliphatic heterocycles. The molecule has 0 amide bonds. The summed E-state index contributed by atoms with van der Waals surface area (Å²) < 4.78 is 18.8. The van der Waals surface area contributed by atoms with Crippen LogP contribution in [0.4, 0.5) is 0 Å². The van der Waals surface area contributed by atoms with E-state index < -0.39 is 11.0 Å². The van der Waals surface area contributed by atoms with Crippen molar-refractivity contribution in [1.29, 1.82) is 0 Å². The van der Waals surface area contributed by atoms with Gasteiger partial charge in [0.1, 0.15) is 0 Å². The van der Waals surface area contributed by atoms with Crippen molar-refractivity contribution in [3.05, 3.63) is 0 Å². The molecular weight excluding hydrogens is 86.9 g/mol. The normalized spacial score (nSPS) is 13.2. The molecule has 0 aromatic carbocycles. The van der Waals surface area contributed by atoms with Gasteiger partial charge in [0.05, 0.1) is 0 Å². The topological polar surface area (TPSA) is 40.1 Å². The van der Waals surface area contributed by atoms with Crippen LogP contribution in [0, 0.1) is 0 Å². The number of rotatable bonds is 1. The average molecular weight is 89.9 g/mol. The van der Waals surface area contributed by atoms with E-state index in [0.717, 1.165) is 0 Å². The van der Waals surface area contributed by atoms with Crippen molar-refractivity contribution >= 4 is 17.5 Å². The zero-order valence-corrected chi connectivity index (χ0v) is 3.62. The molecule has 0 aromatic heterocycles. The fraction of sp³-hybridized carbons (Fsp3) is 1.00. The third kappa shape index (κ3) is 4.17. The molecule has 0 aliphatic rings. The van der Waals surface area contributed by atoms with E-state index >= 15 is 0 Å². The van der Waals surface area contributed by atoms with Crippen LogP contribution in [-0.2, 0) is 15.7 Å². The van der Waals surface area contributed by atoms with Gasteiger partial charge in [-0.05, 0) is 0 Å². The first-order chi connectivity index (χ1) is 2.27. The Kier molecular flexibility index (Phi) is 2.50. The van der Waals surface area contributed by atoms with Gasteiger partial charge in [-0.3, -0.25) is 0 Å². The Morgan fingerprint density at radius 3 is 2.20 bits per heavy atom. The van der Waals surface area contributed by atoms with Crippen LogP contribution in [0.1, 0.15) is 0 Å². The molecule has 0 saturated carbocycles. The fourth-order valence-electron chi connectivity index (χ4n) is 0. The maximum absolute atomic E-state index is 9.56. The molecule has 4 heteroatoms. The van der Waals surface area contributed by atoms with Crippen LogP contribution in [0.3, 0.4) is 0 Å². The second kappa shape index (κ2) is 2.41. The molecule has 0 spiro atoms. The Bertz CT molecular complexity index is 36.6. The first kappa shape index (κ1) is 5.17. The second-order valence-corrected chi connectivity index (χ2v) is 1.78. The average Bonchev–Trinajstić information content (AvgIpc) is 1.38. The van der Waals surface area contributed by atoms with Gasteiger partial charge in [-0.15, -0.1) is 0 Å². The van der Waals surface area contributed by atoms with Crippen molar-refractivity contribution in [3.8, 4) is 0 Å². The molecule has 0 heterocycles. The molecule has 2 nitrogen and oxygen atoms in total. The van der Waals surface area contributed by atoms with Crippen LogP contribution >= 0.6 is 0 Å². The Balaban J connectivity index is 2.83. The van der Waals surface area contributed by atoms with E-state index in [-0.39, 0.29) is 0 Å². The van der Waals surface area contributed by atoms with E-state index in [2.05, 4.69) is 0 Å². The minimum absolute atomic E-state index is 0.389. The minimum atomic E-state index is -1.25. The summed E-state index contributed by atoms with van der Waals surface area (Å²) in [6.45, 7) is 0. The van der Waals surface area contributed by atoms with Gasteiger partial charge in [-0.25, -0.2) is 0 Å². The van der Waals surface area contributed by atoms with Gasteiger partial charge in [0.15, 0.2) is 0 Å². The van der Waals surface area contributed by atoms with Crippen LogP contribution in [0.2, 0.25) is 0 Å². The van der Waals surface area contributed by atoms with E-state index in [1.165, 1.54) is 6.26 Å². The predicted molar refractivity (Wildman–Crippen MR) is 20.5 cm³/mol. The SMILES string of the molecule is C[S+]([O-])B=O. The summed E-state index contributed by atoms with van der Waals surface area (Å²) in [6, 6.07) is 0. The van der Waals surface area contributed by atoms with Gasteiger partial charge in [0, 0.05) is 0 Å². The van der Waals surface area contributed by atoms with Crippen molar-refractivity contribution in [2.45, 2.75) is 0 Å². The summed E-state index contributed by atoms with van der Waals surface area (Å²) in [5.41, 5.74) is 0. The summed E-state index contributed by atoms with van der Waals surface area (Å²) in [6.07, 6.45) is 1.72. The standard InChI is InChI=1S/CH3BO2S/c1-5(4)2-3/h1H3. The van der Waals surface area contributed by atoms with Crippen molar-refractivity contribution < 1.29 is 9.26 Å². The number of hydrogen-bond acceptors (Lipinski definition) is 2. The van der Waals surface area contributed by atoms with Crippen molar-refractivity contribution in [1.82, 2.24) is 0 Å². The van der Waals surface area contributed by atoms with E-state index in [4.69, 9.17) is 0 Å². The summed E-state index contributed by atoms with van der Waals surface area (Å²) in [5.74, 6) is 0. The van der Waals surface area contributed by atoms with Gasteiger partial charge in [-0.1, -0.05) is 0 Å².